The van der Waals surface area contributed by atoms with E-state index in [9.17, 15) is 9.59 Å². The third kappa shape index (κ3) is 2.03. The molecule has 0 aliphatic rings. The first kappa shape index (κ1) is 12.4. The molecule has 3 aromatic rings. The predicted octanol–water partition coefficient (Wildman–Crippen LogP) is 3.40. The summed E-state index contributed by atoms with van der Waals surface area (Å²) in [5.41, 5.74) is 2.84. The Morgan fingerprint density at radius 3 is 2.45 bits per heavy atom. The number of hydrogen-bond acceptors (Lipinski definition) is 2. The summed E-state index contributed by atoms with van der Waals surface area (Å²) in [6.07, 6.45) is 1.49. The zero-order chi connectivity index (χ0) is 14.1. The minimum Gasteiger partial charge on any atom is -0.360 e. The van der Waals surface area contributed by atoms with Gasteiger partial charge in [0.2, 0.25) is 0 Å². The summed E-state index contributed by atoms with van der Waals surface area (Å²) < 4.78 is 0. The van der Waals surface area contributed by atoms with Crippen LogP contribution < -0.4 is 5.43 Å². The highest BCUT2D eigenvalue weighted by Crippen LogP contribution is 2.22. The molecule has 1 N–H and O–H groups in total. The molecule has 0 atom stereocenters. The van der Waals surface area contributed by atoms with E-state index in [-0.39, 0.29) is 16.8 Å². The molecule has 0 aliphatic heterocycles. The Balaban J connectivity index is 2.22. The lowest BCUT2D eigenvalue weighted by atomic mass is 10.0. The molecule has 0 spiro atoms. The summed E-state index contributed by atoms with van der Waals surface area (Å²) in [4.78, 5) is 26.6. The second kappa shape index (κ2) is 4.78. The number of pyridine rings is 1. The molecule has 2 aromatic carbocycles. The summed E-state index contributed by atoms with van der Waals surface area (Å²) in [7, 11) is 0. The number of hydrogen-bond donors (Lipinski definition) is 1. The first-order valence-corrected chi connectivity index (χ1v) is 6.38. The Kier molecular flexibility index (Phi) is 2.95. The summed E-state index contributed by atoms with van der Waals surface area (Å²) in [5, 5.41) is 0.539. The van der Waals surface area contributed by atoms with Gasteiger partial charge >= 0.3 is 0 Å². The average Bonchev–Trinajstić information content (AvgIpc) is 2.48. The van der Waals surface area contributed by atoms with Crippen molar-refractivity contribution >= 4 is 16.7 Å². The number of Topliss-reactive ketones (excluding diaryl/α,β-unsaturated/α-hetero) is 1. The third-order valence-corrected chi connectivity index (χ3v) is 3.37. The van der Waals surface area contributed by atoms with E-state index in [4.69, 9.17) is 0 Å². The Morgan fingerprint density at radius 1 is 1.00 bits per heavy atom. The lowest BCUT2D eigenvalue weighted by Crippen LogP contribution is -2.13. The summed E-state index contributed by atoms with van der Waals surface area (Å²) in [6.45, 7) is 1.40. The second-order valence-corrected chi connectivity index (χ2v) is 4.71. The Labute approximate surface area is 115 Å². The molecule has 3 heteroatoms. The molecule has 20 heavy (non-hydrogen) atoms. The molecule has 0 saturated heterocycles. The van der Waals surface area contributed by atoms with E-state index in [1.165, 1.54) is 13.1 Å². The number of carbonyl (C=O) groups is 1. The number of nitrogens with one attached hydrogen (secondary N) is 1. The highest BCUT2D eigenvalue weighted by atomic mass is 16.1. The van der Waals surface area contributed by atoms with Gasteiger partial charge < -0.3 is 4.98 Å². The highest BCUT2D eigenvalue weighted by molar-refractivity contribution is 5.97. The molecule has 0 aliphatic carbocycles. The minimum absolute atomic E-state index is 0.199. The predicted molar refractivity (Wildman–Crippen MR) is 80.0 cm³/mol. The van der Waals surface area contributed by atoms with Crippen LogP contribution in [0.4, 0.5) is 0 Å². The number of aromatic nitrogens is 1. The standard InChI is InChI=1S/C17H13NO2/c1-11(19)15-10-18-16-9-13(7-8-14(16)17(15)20)12-5-3-2-4-6-12/h2-10H,1H3,(H,18,20). The van der Waals surface area contributed by atoms with Crippen molar-refractivity contribution < 1.29 is 4.79 Å². The van der Waals surface area contributed by atoms with Crippen LogP contribution in [0.5, 0.6) is 0 Å². The first-order valence-electron chi connectivity index (χ1n) is 6.38. The van der Waals surface area contributed by atoms with Crippen LogP contribution in [0.3, 0.4) is 0 Å². The lowest BCUT2D eigenvalue weighted by molar-refractivity contribution is 0.101. The van der Waals surface area contributed by atoms with E-state index in [0.717, 1.165) is 16.6 Å². The average molecular weight is 263 g/mol. The Bertz CT molecular complexity index is 848. The normalized spacial score (nSPS) is 10.7. The van der Waals surface area contributed by atoms with Crippen LogP contribution in [0, 0.1) is 0 Å². The zero-order valence-corrected chi connectivity index (χ0v) is 11.0. The van der Waals surface area contributed by atoms with Crippen LogP contribution in [-0.2, 0) is 0 Å². The quantitative estimate of drug-likeness (QED) is 0.720. The van der Waals surface area contributed by atoms with E-state index < -0.39 is 0 Å². The summed E-state index contributed by atoms with van der Waals surface area (Å²) in [5.74, 6) is -0.222. The summed E-state index contributed by atoms with van der Waals surface area (Å²) >= 11 is 0. The zero-order valence-electron chi connectivity index (χ0n) is 11.0. The van der Waals surface area contributed by atoms with Crippen LogP contribution >= 0.6 is 0 Å². The van der Waals surface area contributed by atoms with Gasteiger partial charge in [0.25, 0.3) is 0 Å². The van der Waals surface area contributed by atoms with Gasteiger partial charge in [0, 0.05) is 17.1 Å². The molecule has 0 amide bonds. The van der Waals surface area contributed by atoms with Crippen molar-refractivity contribution in [2.45, 2.75) is 6.92 Å². The van der Waals surface area contributed by atoms with E-state index >= 15 is 0 Å². The number of rotatable bonds is 2. The van der Waals surface area contributed by atoms with Crippen LogP contribution in [0.15, 0.2) is 59.5 Å². The number of ketones is 1. The first-order chi connectivity index (χ1) is 9.66. The van der Waals surface area contributed by atoms with Crippen LogP contribution in [0.25, 0.3) is 22.0 Å². The summed E-state index contributed by atoms with van der Waals surface area (Å²) in [6, 6.07) is 15.5. The van der Waals surface area contributed by atoms with Gasteiger partial charge in [-0.1, -0.05) is 36.4 Å². The van der Waals surface area contributed by atoms with E-state index in [1.54, 1.807) is 6.07 Å². The maximum atomic E-state index is 12.2. The lowest BCUT2D eigenvalue weighted by Gasteiger charge is -2.05. The second-order valence-electron chi connectivity index (χ2n) is 4.71. The van der Waals surface area contributed by atoms with Crippen molar-refractivity contribution in [1.29, 1.82) is 0 Å². The molecule has 98 valence electrons. The monoisotopic (exact) mass is 263 g/mol. The SMILES string of the molecule is CC(=O)c1c[nH]c2cc(-c3ccccc3)ccc2c1=O. The largest absolute Gasteiger partial charge is 0.360 e. The van der Waals surface area contributed by atoms with Crippen LogP contribution in [-0.4, -0.2) is 10.8 Å². The highest BCUT2D eigenvalue weighted by Gasteiger charge is 2.09. The molecular formula is C17H13NO2. The molecule has 0 fully saturated rings. The molecular weight excluding hydrogens is 250 g/mol. The van der Waals surface area contributed by atoms with Gasteiger partial charge in [0.15, 0.2) is 11.2 Å². The molecule has 1 aromatic heterocycles. The van der Waals surface area contributed by atoms with Crippen LogP contribution in [0.2, 0.25) is 0 Å². The van der Waals surface area contributed by atoms with E-state index in [0.29, 0.717) is 5.39 Å². The van der Waals surface area contributed by atoms with Gasteiger partial charge in [0.05, 0.1) is 5.56 Å². The molecule has 0 bridgehead atoms. The maximum absolute atomic E-state index is 12.2. The fraction of sp³-hybridized carbons (Fsp3) is 0.0588. The van der Waals surface area contributed by atoms with Gasteiger partial charge in [-0.15, -0.1) is 0 Å². The van der Waals surface area contributed by atoms with Gasteiger partial charge in [-0.2, -0.15) is 0 Å². The molecule has 3 nitrogen and oxygen atoms in total. The van der Waals surface area contributed by atoms with Crippen LogP contribution in [0.1, 0.15) is 17.3 Å². The topological polar surface area (TPSA) is 49.9 Å². The molecule has 0 saturated carbocycles. The van der Waals surface area contributed by atoms with Crippen molar-refractivity contribution in [3.8, 4) is 11.1 Å². The Morgan fingerprint density at radius 2 is 1.75 bits per heavy atom. The van der Waals surface area contributed by atoms with E-state index in [1.807, 2.05) is 42.5 Å². The number of fused-ring (bicyclic) bond motifs is 1. The van der Waals surface area contributed by atoms with Crippen molar-refractivity contribution in [2.24, 2.45) is 0 Å². The smallest absolute Gasteiger partial charge is 0.200 e. The van der Waals surface area contributed by atoms with Crippen molar-refractivity contribution in [1.82, 2.24) is 4.98 Å². The van der Waals surface area contributed by atoms with Crippen molar-refractivity contribution in [2.75, 3.05) is 0 Å². The number of benzene rings is 2. The fourth-order valence-electron chi connectivity index (χ4n) is 2.29. The van der Waals surface area contributed by atoms with Gasteiger partial charge in [-0.3, -0.25) is 9.59 Å². The van der Waals surface area contributed by atoms with Gasteiger partial charge in [0.1, 0.15) is 0 Å². The number of aromatic amines is 1. The van der Waals surface area contributed by atoms with Crippen molar-refractivity contribution in [3.63, 3.8) is 0 Å². The number of carbonyl (C=O) groups excluding carboxylic acids is 1. The molecule has 1 heterocycles. The molecule has 0 unspecified atom stereocenters. The van der Waals surface area contributed by atoms with Gasteiger partial charge in [-0.05, 0) is 30.2 Å². The maximum Gasteiger partial charge on any atom is 0.200 e. The fourth-order valence-corrected chi connectivity index (χ4v) is 2.29. The van der Waals surface area contributed by atoms with Crippen molar-refractivity contribution in [3.05, 3.63) is 70.5 Å². The third-order valence-electron chi connectivity index (χ3n) is 3.37. The van der Waals surface area contributed by atoms with Gasteiger partial charge in [-0.25, -0.2) is 0 Å². The Hall–Kier alpha value is -2.68. The number of H-pyrrole nitrogens is 1. The molecule has 0 radical (unpaired) electrons. The van der Waals surface area contributed by atoms with E-state index in [2.05, 4.69) is 4.98 Å². The molecule has 3 rings (SSSR count). The minimum atomic E-state index is -0.222.